The van der Waals surface area contributed by atoms with E-state index in [9.17, 15) is 9.59 Å². The van der Waals surface area contributed by atoms with Crippen LogP contribution in [0.2, 0.25) is 5.02 Å². The fourth-order valence-electron chi connectivity index (χ4n) is 2.88. The second kappa shape index (κ2) is 11.5. The van der Waals surface area contributed by atoms with Gasteiger partial charge in [-0.3, -0.25) is 9.59 Å². The van der Waals surface area contributed by atoms with Crippen molar-refractivity contribution in [1.82, 2.24) is 10.2 Å². The van der Waals surface area contributed by atoms with Crippen molar-refractivity contribution in [3.05, 3.63) is 58.6 Å². The number of hydrogen-bond acceptors (Lipinski definition) is 4. The van der Waals surface area contributed by atoms with E-state index in [1.165, 1.54) is 4.90 Å². The smallest absolute Gasteiger partial charge is 0.261 e. The SMILES string of the molecule is CCCNC(=O)[C@H](C)N(Cc1cccc(OC)c1)C(=O)COc1ccc(Cl)c(C)c1. The predicted octanol–water partition coefficient (Wildman–Crippen LogP) is 3.98. The number of halogens is 1. The molecule has 0 saturated heterocycles. The van der Waals surface area contributed by atoms with Crippen LogP contribution in [0.3, 0.4) is 0 Å². The molecule has 2 aromatic carbocycles. The summed E-state index contributed by atoms with van der Waals surface area (Å²) in [4.78, 5) is 27.1. The van der Waals surface area contributed by atoms with Crippen molar-refractivity contribution in [3.8, 4) is 11.5 Å². The summed E-state index contributed by atoms with van der Waals surface area (Å²) in [5.41, 5.74) is 1.72. The Hall–Kier alpha value is -2.73. The number of carbonyl (C=O) groups is 2. The van der Waals surface area contributed by atoms with E-state index < -0.39 is 6.04 Å². The third-order valence-electron chi connectivity index (χ3n) is 4.70. The number of carbonyl (C=O) groups excluding carboxylic acids is 2. The first-order valence-electron chi connectivity index (χ1n) is 9.94. The Morgan fingerprint density at radius 2 is 1.93 bits per heavy atom. The van der Waals surface area contributed by atoms with Crippen molar-refractivity contribution in [2.24, 2.45) is 0 Å². The van der Waals surface area contributed by atoms with Gasteiger partial charge in [-0.25, -0.2) is 0 Å². The topological polar surface area (TPSA) is 67.9 Å². The van der Waals surface area contributed by atoms with E-state index in [0.717, 1.165) is 17.5 Å². The summed E-state index contributed by atoms with van der Waals surface area (Å²) >= 11 is 6.04. The van der Waals surface area contributed by atoms with Gasteiger partial charge in [0.15, 0.2) is 6.61 Å². The number of benzene rings is 2. The second-order valence-electron chi connectivity index (χ2n) is 7.04. The maximum absolute atomic E-state index is 13.0. The van der Waals surface area contributed by atoms with Crippen LogP contribution in [0.5, 0.6) is 11.5 Å². The van der Waals surface area contributed by atoms with Crippen molar-refractivity contribution in [2.45, 2.75) is 39.8 Å². The lowest BCUT2D eigenvalue weighted by Gasteiger charge is -2.29. The molecule has 162 valence electrons. The third-order valence-corrected chi connectivity index (χ3v) is 5.12. The Morgan fingerprint density at radius 3 is 2.60 bits per heavy atom. The average Bonchev–Trinajstić information content (AvgIpc) is 2.76. The fourth-order valence-corrected chi connectivity index (χ4v) is 3.00. The summed E-state index contributed by atoms with van der Waals surface area (Å²) in [6.45, 7) is 6.20. The highest BCUT2D eigenvalue weighted by atomic mass is 35.5. The number of ether oxygens (including phenoxy) is 2. The van der Waals surface area contributed by atoms with Gasteiger partial charge >= 0.3 is 0 Å². The van der Waals surface area contributed by atoms with Gasteiger partial charge in [0.25, 0.3) is 5.91 Å². The summed E-state index contributed by atoms with van der Waals surface area (Å²) < 4.78 is 10.9. The number of methoxy groups -OCH3 is 1. The molecule has 0 heterocycles. The van der Waals surface area contributed by atoms with Crippen molar-refractivity contribution < 1.29 is 19.1 Å². The van der Waals surface area contributed by atoms with Gasteiger partial charge in [0.05, 0.1) is 7.11 Å². The highest BCUT2D eigenvalue weighted by molar-refractivity contribution is 6.31. The van der Waals surface area contributed by atoms with Crippen LogP contribution in [0.15, 0.2) is 42.5 Å². The molecule has 2 aromatic rings. The highest BCUT2D eigenvalue weighted by Crippen LogP contribution is 2.21. The molecule has 0 fully saturated rings. The van der Waals surface area contributed by atoms with Gasteiger partial charge in [-0.05, 0) is 61.7 Å². The summed E-state index contributed by atoms with van der Waals surface area (Å²) in [6.07, 6.45) is 0.821. The van der Waals surface area contributed by atoms with E-state index in [1.54, 1.807) is 32.2 Å². The summed E-state index contributed by atoms with van der Waals surface area (Å²) in [5, 5.41) is 3.48. The lowest BCUT2D eigenvalue weighted by molar-refractivity contribution is -0.142. The summed E-state index contributed by atoms with van der Waals surface area (Å²) in [6, 6.07) is 12.0. The van der Waals surface area contributed by atoms with Crippen molar-refractivity contribution in [3.63, 3.8) is 0 Å². The molecule has 0 aromatic heterocycles. The molecule has 1 atom stereocenters. The standard InChI is InChI=1S/C23H29ClN2O4/c1-5-11-25-23(28)17(3)26(14-18-7-6-8-19(13-18)29-4)22(27)15-30-20-9-10-21(24)16(2)12-20/h6-10,12-13,17H,5,11,14-15H2,1-4H3,(H,25,28)/t17-/m0/s1. The van der Waals surface area contributed by atoms with Gasteiger partial charge in [-0.1, -0.05) is 30.7 Å². The Kier molecular flexibility index (Phi) is 8.99. The van der Waals surface area contributed by atoms with E-state index in [0.29, 0.717) is 23.1 Å². The van der Waals surface area contributed by atoms with E-state index in [-0.39, 0.29) is 25.0 Å². The Balaban J connectivity index is 2.16. The van der Waals surface area contributed by atoms with Crippen LogP contribution in [-0.4, -0.2) is 43.0 Å². The van der Waals surface area contributed by atoms with Crippen molar-refractivity contribution >= 4 is 23.4 Å². The minimum atomic E-state index is -0.647. The molecule has 7 heteroatoms. The number of nitrogens with zero attached hydrogens (tertiary/aromatic N) is 1. The lowest BCUT2D eigenvalue weighted by Crippen LogP contribution is -2.49. The first-order chi connectivity index (χ1) is 14.3. The molecule has 0 saturated carbocycles. The van der Waals surface area contributed by atoms with Crippen LogP contribution >= 0.6 is 11.6 Å². The predicted molar refractivity (Wildman–Crippen MR) is 118 cm³/mol. The Morgan fingerprint density at radius 1 is 1.17 bits per heavy atom. The van der Waals surface area contributed by atoms with E-state index in [4.69, 9.17) is 21.1 Å². The maximum atomic E-state index is 13.0. The summed E-state index contributed by atoms with van der Waals surface area (Å²) in [7, 11) is 1.59. The van der Waals surface area contributed by atoms with Gasteiger partial charge in [-0.2, -0.15) is 0 Å². The molecule has 30 heavy (non-hydrogen) atoms. The Labute approximate surface area is 183 Å². The molecular weight excluding hydrogens is 404 g/mol. The zero-order valence-corrected chi connectivity index (χ0v) is 18.7. The summed E-state index contributed by atoms with van der Waals surface area (Å²) in [5.74, 6) is 0.755. The largest absolute Gasteiger partial charge is 0.497 e. The molecule has 0 aliphatic heterocycles. The first kappa shape index (κ1) is 23.5. The molecule has 0 radical (unpaired) electrons. The molecule has 6 nitrogen and oxygen atoms in total. The molecular formula is C23H29ClN2O4. The second-order valence-corrected chi connectivity index (χ2v) is 7.45. The van der Waals surface area contributed by atoms with Gasteiger partial charge in [0.2, 0.25) is 5.91 Å². The van der Waals surface area contributed by atoms with Crippen molar-refractivity contribution in [1.29, 1.82) is 0 Å². The maximum Gasteiger partial charge on any atom is 0.261 e. The quantitative estimate of drug-likeness (QED) is 0.616. The molecule has 0 aliphatic carbocycles. The minimum absolute atomic E-state index is 0.184. The normalized spacial score (nSPS) is 11.5. The fraction of sp³-hybridized carbons (Fsp3) is 0.391. The van der Waals surface area contributed by atoms with E-state index >= 15 is 0 Å². The van der Waals surface area contributed by atoms with Crippen LogP contribution in [0.4, 0.5) is 0 Å². The number of aryl methyl sites for hydroxylation is 1. The molecule has 0 spiro atoms. The lowest BCUT2D eigenvalue weighted by atomic mass is 10.1. The highest BCUT2D eigenvalue weighted by Gasteiger charge is 2.26. The van der Waals surface area contributed by atoms with Crippen molar-refractivity contribution in [2.75, 3.05) is 20.3 Å². The van der Waals surface area contributed by atoms with Crippen LogP contribution in [0.1, 0.15) is 31.4 Å². The molecule has 0 aliphatic rings. The molecule has 0 bridgehead atoms. The minimum Gasteiger partial charge on any atom is -0.497 e. The van der Waals surface area contributed by atoms with Gasteiger partial charge in [0, 0.05) is 18.1 Å². The molecule has 1 N–H and O–H groups in total. The zero-order valence-electron chi connectivity index (χ0n) is 17.9. The van der Waals surface area contributed by atoms with Gasteiger partial charge in [0.1, 0.15) is 17.5 Å². The zero-order chi connectivity index (χ0) is 22.1. The third kappa shape index (κ3) is 6.66. The number of rotatable bonds is 10. The van der Waals surface area contributed by atoms with Gasteiger partial charge < -0.3 is 19.7 Å². The molecule has 2 rings (SSSR count). The number of nitrogens with one attached hydrogen (secondary N) is 1. The van der Waals surface area contributed by atoms with E-state index in [2.05, 4.69) is 5.32 Å². The Bertz CT molecular complexity index is 872. The molecule has 2 amide bonds. The number of amides is 2. The molecule has 0 unspecified atom stereocenters. The van der Waals surface area contributed by atoms with Crippen LogP contribution in [0, 0.1) is 6.92 Å². The van der Waals surface area contributed by atoms with Crippen LogP contribution < -0.4 is 14.8 Å². The van der Waals surface area contributed by atoms with Crippen LogP contribution in [-0.2, 0) is 16.1 Å². The first-order valence-corrected chi connectivity index (χ1v) is 10.3. The van der Waals surface area contributed by atoms with E-state index in [1.807, 2.05) is 38.1 Å². The monoisotopic (exact) mass is 432 g/mol. The number of hydrogen-bond donors (Lipinski definition) is 1. The van der Waals surface area contributed by atoms with Crippen LogP contribution in [0.25, 0.3) is 0 Å². The average molecular weight is 433 g/mol. The van der Waals surface area contributed by atoms with Gasteiger partial charge in [-0.15, -0.1) is 0 Å².